The third kappa shape index (κ3) is 2.86. The van der Waals surface area contributed by atoms with Gasteiger partial charge < -0.3 is 5.32 Å². The van der Waals surface area contributed by atoms with Crippen LogP contribution in [0.2, 0.25) is 0 Å². The molecule has 0 unspecified atom stereocenters. The number of rotatable bonds is 3. The number of anilines is 1. The highest BCUT2D eigenvalue weighted by atomic mass is 19.1. The molecule has 0 aliphatic carbocycles. The smallest absolute Gasteiger partial charge is 0.128 e. The van der Waals surface area contributed by atoms with Gasteiger partial charge in [-0.15, -0.1) is 0 Å². The molecular formula is C15H13FN2. The zero-order valence-electron chi connectivity index (χ0n) is 10.1. The minimum atomic E-state index is -0.297. The summed E-state index contributed by atoms with van der Waals surface area (Å²) in [6.45, 7) is 2.37. The van der Waals surface area contributed by atoms with Crippen LogP contribution in [0.15, 0.2) is 42.5 Å². The van der Waals surface area contributed by atoms with Gasteiger partial charge in [0.2, 0.25) is 0 Å². The first kappa shape index (κ1) is 12.1. The van der Waals surface area contributed by atoms with E-state index in [9.17, 15) is 4.39 Å². The normalized spacial score (nSPS) is 9.83. The third-order valence-corrected chi connectivity index (χ3v) is 2.68. The lowest BCUT2D eigenvalue weighted by Crippen LogP contribution is -2.02. The summed E-state index contributed by atoms with van der Waals surface area (Å²) in [5, 5.41) is 11.9. The van der Waals surface area contributed by atoms with E-state index in [1.54, 1.807) is 6.07 Å². The van der Waals surface area contributed by atoms with Crippen LogP contribution in [0.4, 0.5) is 10.1 Å². The Bertz CT molecular complexity index is 600. The minimum absolute atomic E-state index is 0.297. The Kier molecular flexibility index (Phi) is 3.59. The highest BCUT2D eigenvalue weighted by Crippen LogP contribution is 2.14. The molecule has 0 atom stereocenters. The molecule has 2 rings (SSSR count). The molecule has 0 spiro atoms. The summed E-state index contributed by atoms with van der Waals surface area (Å²) >= 11 is 0. The minimum Gasteiger partial charge on any atom is -0.381 e. The molecule has 0 amide bonds. The van der Waals surface area contributed by atoms with E-state index in [-0.39, 0.29) is 5.82 Å². The number of aryl methyl sites for hydroxylation is 1. The van der Waals surface area contributed by atoms with Gasteiger partial charge >= 0.3 is 0 Å². The fraction of sp³-hybridized carbons (Fsp3) is 0.133. The van der Waals surface area contributed by atoms with Crippen molar-refractivity contribution in [2.45, 2.75) is 13.5 Å². The Morgan fingerprint density at radius 2 is 2.06 bits per heavy atom. The van der Waals surface area contributed by atoms with E-state index in [0.717, 1.165) is 11.3 Å². The number of nitrogens with zero attached hydrogens (tertiary/aromatic N) is 1. The summed E-state index contributed by atoms with van der Waals surface area (Å²) < 4.78 is 13.5. The predicted octanol–water partition coefficient (Wildman–Crippen LogP) is 3.62. The number of nitriles is 1. The Labute approximate surface area is 106 Å². The molecule has 0 saturated heterocycles. The largest absolute Gasteiger partial charge is 0.381 e. The molecule has 2 nitrogen and oxygen atoms in total. The second-order valence-electron chi connectivity index (χ2n) is 4.14. The second kappa shape index (κ2) is 5.33. The topological polar surface area (TPSA) is 35.8 Å². The maximum atomic E-state index is 13.5. The maximum Gasteiger partial charge on any atom is 0.128 e. The second-order valence-corrected chi connectivity index (χ2v) is 4.14. The van der Waals surface area contributed by atoms with Crippen molar-refractivity contribution < 1.29 is 4.39 Å². The molecular weight excluding hydrogens is 227 g/mol. The van der Waals surface area contributed by atoms with Crippen LogP contribution in [0.1, 0.15) is 16.7 Å². The van der Waals surface area contributed by atoms with Crippen molar-refractivity contribution in [2.24, 2.45) is 0 Å². The predicted molar refractivity (Wildman–Crippen MR) is 69.6 cm³/mol. The van der Waals surface area contributed by atoms with Gasteiger partial charge in [-0.05, 0) is 42.8 Å². The molecule has 2 aromatic carbocycles. The maximum absolute atomic E-state index is 13.5. The van der Waals surface area contributed by atoms with Gasteiger partial charge in [0.05, 0.1) is 11.6 Å². The SMILES string of the molecule is Cc1cccc(NCc2cc(C#N)ccc2F)c1. The van der Waals surface area contributed by atoms with Crippen molar-refractivity contribution >= 4 is 5.69 Å². The molecule has 18 heavy (non-hydrogen) atoms. The van der Waals surface area contributed by atoms with E-state index in [0.29, 0.717) is 17.7 Å². The van der Waals surface area contributed by atoms with Crippen molar-refractivity contribution in [3.8, 4) is 6.07 Å². The van der Waals surface area contributed by atoms with Gasteiger partial charge in [-0.25, -0.2) is 4.39 Å². The molecule has 3 heteroatoms. The Morgan fingerprint density at radius 1 is 1.22 bits per heavy atom. The van der Waals surface area contributed by atoms with Crippen LogP contribution in [-0.4, -0.2) is 0 Å². The zero-order chi connectivity index (χ0) is 13.0. The van der Waals surface area contributed by atoms with E-state index in [1.807, 2.05) is 37.3 Å². The number of nitrogens with one attached hydrogen (secondary N) is 1. The van der Waals surface area contributed by atoms with Crippen molar-refractivity contribution in [2.75, 3.05) is 5.32 Å². The number of halogens is 1. The molecule has 0 fully saturated rings. The summed E-state index contributed by atoms with van der Waals surface area (Å²) in [6, 6.07) is 14.2. The fourth-order valence-electron chi connectivity index (χ4n) is 1.73. The van der Waals surface area contributed by atoms with Crippen molar-refractivity contribution in [1.29, 1.82) is 5.26 Å². The van der Waals surface area contributed by atoms with Crippen LogP contribution in [0.25, 0.3) is 0 Å². The number of hydrogen-bond acceptors (Lipinski definition) is 2. The average molecular weight is 240 g/mol. The monoisotopic (exact) mass is 240 g/mol. The molecule has 0 radical (unpaired) electrons. The molecule has 0 aliphatic heterocycles. The summed E-state index contributed by atoms with van der Waals surface area (Å²) in [5.41, 5.74) is 3.05. The Morgan fingerprint density at radius 3 is 2.78 bits per heavy atom. The standard InChI is InChI=1S/C15H13FN2/c1-11-3-2-4-14(7-11)18-10-13-8-12(9-17)5-6-15(13)16/h2-8,18H,10H2,1H3. The highest BCUT2D eigenvalue weighted by molar-refractivity contribution is 5.46. The van der Waals surface area contributed by atoms with Crippen molar-refractivity contribution in [1.82, 2.24) is 0 Å². The van der Waals surface area contributed by atoms with E-state index in [4.69, 9.17) is 5.26 Å². The van der Waals surface area contributed by atoms with Crippen molar-refractivity contribution in [3.05, 3.63) is 65.0 Å². The van der Waals surface area contributed by atoms with Crippen LogP contribution in [-0.2, 0) is 6.54 Å². The average Bonchev–Trinajstić information content (AvgIpc) is 2.38. The van der Waals surface area contributed by atoms with Crippen LogP contribution >= 0.6 is 0 Å². The summed E-state index contributed by atoms with van der Waals surface area (Å²) in [6.07, 6.45) is 0. The van der Waals surface area contributed by atoms with Gasteiger partial charge in [0, 0.05) is 17.8 Å². The van der Waals surface area contributed by atoms with E-state index in [1.165, 1.54) is 12.1 Å². The molecule has 0 aromatic heterocycles. The summed E-state index contributed by atoms with van der Waals surface area (Å²) in [5.74, 6) is -0.297. The highest BCUT2D eigenvalue weighted by Gasteiger charge is 2.03. The first-order valence-electron chi connectivity index (χ1n) is 5.68. The van der Waals surface area contributed by atoms with Gasteiger partial charge in [0.1, 0.15) is 5.82 Å². The van der Waals surface area contributed by atoms with Crippen molar-refractivity contribution in [3.63, 3.8) is 0 Å². The quantitative estimate of drug-likeness (QED) is 0.889. The Hall–Kier alpha value is -2.34. The molecule has 0 saturated carbocycles. The number of benzene rings is 2. The molecule has 0 heterocycles. The molecule has 0 aliphatic rings. The van der Waals surface area contributed by atoms with E-state index in [2.05, 4.69) is 5.32 Å². The summed E-state index contributed by atoms with van der Waals surface area (Å²) in [7, 11) is 0. The first-order valence-corrected chi connectivity index (χ1v) is 5.68. The van der Waals surface area contributed by atoms with Gasteiger partial charge in [0.15, 0.2) is 0 Å². The fourth-order valence-corrected chi connectivity index (χ4v) is 1.73. The van der Waals surface area contributed by atoms with E-state index >= 15 is 0 Å². The number of hydrogen-bond donors (Lipinski definition) is 1. The van der Waals surface area contributed by atoms with E-state index < -0.39 is 0 Å². The van der Waals surface area contributed by atoms with Gasteiger partial charge in [-0.2, -0.15) is 5.26 Å². The van der Waals surface area contributed by atoms with Gasteiger partial charge in [-0.1, -0.05) is 12.1 Å². The lowest BCUT2D eigenvalue weighted by molar-refractivity contribution is 0.612. The van der Waals surface area contributed by atoms with Crippen LogP contribution in [0, 0.1) is 24.1 Å². The third-order valence-electron chi connectivity index (χ3n) is 2.68. The zero-order valence-corrected chi connectivity index (χ0v) is 10.1. The molecule has 90 valence electrons. The van der Waals surface area contributed by atoms with Crippen LogP contribution in [0.5, 0.6) is 0 Å². The van der Waals surface area contributed by atoms with Crippen LogP contribution < -0.4 is 5.32 Å². The van der Waals surface area contributed by atoms with Gasteiger partial charge in [0.25, 0.3) is 0 Å². The molecule has 0 bridgehead atoms. The van der Waals surface area contributed by atoms with Gasteiger partial charge in [-0.3, -0.25) is 0 Å². The summed E-state index contributed by atoms with van der Waals surface area (Å²) in [4.78, 5) is 0. The Balaban J connectivity index is 2.13. The lowest BCUT2D eigenvalue weighted by atomic mass is 10.1. The molecule has 2 aromatic rings. The first-order chi connectivity index (χ1) is 8.69. The molecule has 1 N–H and O–H groups in total. The van der Waals surface area contributed by atoms with Crippen LogP contribution in [0.3, 0.4) is 0 Å². The lowest BCUT2D eigenvalue weighted by Gasteiger charge is -2.08.